The van der Waals surface area contributed by atoms with Crippen LogP contribution in [0.3, 0.4) is 0 Å². The average Bonchev–Trinajstić information content (AvgIpc) is 3.55. The first-order valence-electron chi connectivity index (χ1n) is 11.1. The lowest BCUT2D eigenvalue weighted by Gasteiger charge is -2.19. The summed E-state index contributed by atoms with van der Waals surface area (Å²) in [5.41, 5.74) is 9.47. The summed E-state index contributed by atoms with van der Waals surface area (Å²) in [6.07, 6.45) is 7.84. The summed E-state index contributed by atoms with van der Waals surface area (Å²) >= 11 is 0. The third kappa shape index (κ3) is 7.47. The number of ether oxygens (including phenoxy) is 1. The summed E-state index contributed by atoms with van der Waals surface area (Å²) in [5.74, 6) is 0.0676. The Kier molecular flexibility index (Phi) is 8.61. The Morgan fingerprint density at radius 2 is 1.88 bits per heavy atom. The van der Waals surface area contributed by atoms with E-state index in [1.165, 1.54) is 5.56 Å². The van der Waals surface area contributed by atoms with Gasteiger partial charge in [0, 0.05) is 24.1 Å². The van der Waals surface area contributed by atoms with Crippen LogP contribution in [0.5, 0.6) is 0 Å². The van der Waals surface area contributed by atoms with Gasteiger partial charge in [0.05, 0.1) is 0 Å². The monoisotopic (exact) mass is 445 g/mol. The Hall–Kier alpha value is -3.64. The van der Waals surface area contributed by atoms with E-state index in [0.29, 0.717) is 11.6 Å². The Morgan fingerprint density at radius 1 is 1.18 bits per heavy atom. The van der Waals surface area contributed by atoms with Crippen LogP contribution in [0, 0.1) is 0 Å². The van der Waals surface area contributed by atoms with Crippen LogP contribution < -0.4 is 16.4 Å². The molecule has 2 amide bonds. The molecule has 0 spiro atoms. The molecule has 0 heterocycles. The van der Waals surface area contributed by atoms with Gasteiger partial charge in [0.1, 0.15) is 12.6 Å². The highest BCUT2D eigenvalue weighted by molar-refractivity contribution is 5.96. The summed E-state index contributed by atoms with van der Waals surface area (Å²) in [6.45, 7) is 5.74. The molecule has 6 nitrogen and oxygen atoms in total. The van der Waals surface area contributed by atoms with Crippen molar-refractivity contribution in [1.82, 2.24) is 5.32 Å². The molecule has 0 aromatic heterocycles. The van der Waals surface area contributed by atoms with Gasteiger partial charge in [0.25, 0.3) is 0 Å². The summed E-state index contributed by atoms with van der Waals surface area (Å²) < 4.78 is 5.32. The van der Waals surface area contributed by atoms with E-state index >= 15 is 0 Å². The lowest BCUT2D eigenvalue weighted by molar-refractivity contribution is -0.118. The van der Waals surface area contributed by atoms with Crippen molar-refractivity contribution in [3.05, 3.63) is 102 Å². The van der Waals surface area contributed by atoms with E-state index in [9.17, 15) is 9.59 Å². The number of rotatable bonds is 10. The van der Waals surface area contributed by atoms with Crippen molar-refractivity contribution in [2.24, 2.45) is 5.73 Å². The number of carbonyl (C=O) groups excluding carboxylic acids is 2. The lowest BCUT2D eigenvalue weighted by atomic mass is 10.0. The van der Waals surface area contributed by atoms with Gasteiger partial charge in [-0.05, 0) is 42.2 Å². The molecule has 172 valence electrons. The van der Waals surface area contributed by atoms with Crippen LogP contribution in [0.2, 0.25) is 0 Å². The molecule has 1 saturated carbocycles. The fourth-order valence-electron chi connectivity index (χ4n) is 3.55. The second-order valence-corrected chi connectivity index (χ2v) is 8.06. The van der Waals surface area contributed by atoms with Crippen LogP contribution in [0.25, 0.3) is 0 Å². The fraction of sp³-hybridized carbons (Fsp3) is 0.259. The number of nitrogens with two attached hydrogens (primary N) is 1. The highest BCUT2D eigenvalue weighted by Gasteiger charge is 2.34. The van der Waals surface area contributed by atoms with Gasteiger partial charge in [-0.25, -0.2) is 4.79 Å². The quantitative estimate of drug-likeness (QED) is 0.457. The van der Waals surface area contributed by atoms with E-state index in [1.807, 2.05) is 79.7 Å². The van der Waals surface area contributed by atoms with Crippen LogP contribution in [0.15, 0.2) is 91.1 Å². The van der Waals surface area contributed by atoms with Crippen molar-refractivity contribution >= 4 is 17.7 Å². The van der Waals surface area contributed by atoms with Crippen LogP contribution >= 0.6 is 0 Å². The number of benzene rings is 2. The van der Waals surface area contributed by atoms with Crippen molar-refractivity contribution in [3.8, 4) is 0 Å². The Bertz CT molecular complexity index is 1010. The summed E-state index contributed by atoms with van der Waals surface area (Å²) in [6, 6.07) is 16.4. The van der Waals surface area contributed by atoms with Gasteiger partial charge in [0.15, 0.2) is 0 Å². The van der Waals surface area contributed by atoms with Crippen LogP contribution in [0.1, 0.15) is 36.8 Å². The van der Waals surface area contributed by atoms with Crippen molar-refractivity contribution in [3.63, 3.8) is 0 Å². The number of alkyl carbamates (subject to hydrolysis) is 1. The zero-order chi connectivity index (χ0) is 23.6. The van der Waals surface area contributed by atoms with E-state index in [1.54, 1.807) is 6.08 Å². The molecule has 2 aromatic rings. The van der Waals surface area contributed by atoms with Gasteiger partial charge in [-0.15, -0.1) is 0 Å². The zero-order valence-electron chi connectivity index (χ0n) is 18.9. The second kappa shape index (κ2) is 11.8. The van der Waals surface area contributed by atoms with E-state index in [4.69, 9.17) is 10.5 Å². The normalized spacial score (nSPS) is 18.4. The highest BCUT2D eigenvalue weighted by atomic mass is 16.5. The first-order chi connectivity index (χ1) is 16.0. The predicted molar refractivity (Wildman–Crippen MR) is 132 cm³/mol. The number of anilines is 1. The molecule has 33 heavy (non-hydrogen) atoms. The van der Waals surface area contributed by atoms with Gasteiger partial charge in [0.2, 0.25) is 5.91 Å². The van der Waals surface area contributed by atoms with E-state index in [2.05, 4.69) is 17.2 Å². The van der Waals surface area contributed by atoms with Gasteiger partial charge >= 0.3 is 6.09 Å². The maximum Gasteiger partial charge on any atom is 0.408 e. The van der Waals surface area contributed by atoms with E-state index < -0.39 is 12.1 Å². The number of carbonyl (C=O) groups is 2. The molecular formula is C27H31N3O3. The van der Waals surface area contributed by atoms with Gasteiger partial charge < -0.3 is 21.1 Å². The zero-order valence-corrected chi connectivity index (χ0v) is 18.9. The minimum Gasteiger partial charge on any atom is -0.445 e. The molecule has 0 aliphatic heterocycles. The topological polar surface area (TPSA) is 93.4 Å². The number of hydrogen-bond acceptors (Lipinski definition) is 4. The molecule has 3 rings (SSSR count). The molecular weight excluding hydrogens is 414 g/mol. The lowest BCUT2D eigenvalue weighted by Crippen LogP contribution is -2.44. The maximum atomic E-state index is 13.1. The van der Waals surface area contributed by atoms with Crippen molar-refractivity contribution in [1.29, 1.82) is 0 Å². The number of allylic oxidation sites excluding steroid dienone is 4. The van der Waals surface area contributed by atoms with Crippen molar-refractivity contribution in [2.45, 2.75) is 44.4 Å². The second-order valence-electron chi connectivity index (χ2n) is 8.06. The van der Waals surface area contributed by atoms with Crippen molar-refractivity contribution in [2.75, 3.05) is 5.32 Å². The molecule has 0 radical (unpaired) electrons. The number of amides is 2. The summed E-state index contributed by atoms with van der Waals surface area (Å²) in [5, 5.41) is 5.59. The molecule has 4 N–H and O–H groups in total. The minimum atomic E-state index is -0.827. The average molecular weight is 446 g/mol. The van der Waals surface area contributed by atoms with Crippen LogP contribution in [-0.4, -0.2) is 24.1 Å². The number of nitrogens with one attached hydrogen (secondary N) is 2. The SMILES string of the molecule is C=C/C=C(\C=C/C)CC(NC(=O)OCc1ccccc1)C(=O)Nc1ccc(C2CC2N)cc1. The van der Waals surface area contributed by atoms with Crippen LogP contribution in [0.4, 0.5) is 10.5 Å². The Morgan fingerprint density at radius 3 is 2.48 bits per heavy atom. The van der Waals surface area contributed by atoms with Gasteiger partial charge in [-0.3, -0.25) is 4.79 Å². The summed E-state index contributed by atoms with van der Waals surface area (Å²) in [4.78, 5) is 25.5. The first-order valence-corrected chi connectivity index (χ1v) is 11.1. The molecule has 1 aliphatic carbocycles. The van der Waals surface area contributed by atoms with E-state index in [-0.39, 0.29) is 25.0 Å². The molecule has 6 heteroatoms. The van der Waals surface area contributed by atoms with E-state index in [0.717, 1.165) is 17.6 Å². The largest absolute Gasteiger partial charge is 0.445 e. The third-order valence-corrected chi connectivity index (χ3v) is 5.42. The fourth-order valence-corrected chi connectivity index (χ4v) is 3.55. The molecule has 2 aromatic carbocycles. The van der Waals surface area contributed by atoms with Crippen LogP contribution in [-0.2, 0) is 16.1 Å². The Balaban J connectivity index is 1.66. The predicted octanol–water partition coefficient (Wildman–Crippen LogP) is 4.81. The molecule has 1 aliphatic rings. The molecule has 3 unspecified atom stereocenters. The third-order valence-electron chi connectivity index (χ3n) is 5.42. The first kappa shape index (κ1) is 24.0. The molecule has 1 fully saturated rings. The van der Waals surface area contributed by atoms with Gasteiger partial charge in [-0.2, -0.15) is 0 Å². The standard InChI is InChI=1S/C27H31N3O3/c1-3-8-19(9-4-2)16-25(30-27(32)33-18-20-10-6-5-7-11-20)26(31)29-22-14-12-21(13-15-22)23-17-24(23)28/h3-15,23-25H,1,16-18,28H2,2H3,(H,29,31)(H,30,32)/b9-4-,19-8+. The summed E-state index contributed by atoms with van der Waals surface area (Å²) in [7, 11) is 0. The van der Waals surface area contributed by atoms with Crippen molar-refractivity contribution < 1.29 is 14.3 Å². The molecule has 0 bridgehead atoms. The highest BCUT2D eigenvalue weighted by Crippen LogP contribution is 2.39. The Labute approximate surface area is 195 Å². The maximum absolute atomic E-state index is 13.1. The molecule has 0 saturated heterocycles. The molecule has 3 atom stereocenters. The smallest absolute Gasteiger partial charge is 0.408 e. The van der Waals surface area contributed by atoms with Gasteiger partial charge in [-0.1, -0.05) is 73.3 Å². The number of hydrogen-bond donors (Lipinski definition) is 3. The minimum absolute atomic E-state index is 0.121.